The topological polar surface area (TPSA) is 56.8 Å². The molecule has 0 spiro atoms. The van der Waals surface area contributed by atoms with Crippen LogP contribution in [-0.2, 0) is 4.79 Å². The zero-order valence-corrected chi connectivity index (χ0v) is 12.8. The van der Waals surface area contributed by atoms with Crippen LogP contribution in [0.15, 0.2) is 36.4 Å². The van der Waals surface area contributed by atoms with Crippen molar-refractivity contribution in [3.05, 3.63) is 46.4 Å². The van der Waals surface area contributed by atoms with Crippen molar-refractivity contribution < 1.29 is 19.0 Å². The summed E-state index contributed by atoms with van der Waals surface area (Å²) in [5.74, 6) is 1.17. The molecule has 0 fully saturated rings. The molecule has 114 valence electrons. The molecule has 2 aromatic carbocycles. The molecular formula is C15H11Cl2NO4. The molecule has 0 radical (unpaired) electrons. The van der Waals surface area contributed by atoms with Crippen molar-refractivity contribution in [2.24, 2.45) is 0 Å². The average molecular weight is 340 g/mol. The SMILES string of the molecule is O=C(COc1ccccc1Cl)Nc1cc2c(cc1Cl)OCO2. The van der Waals surface area contributed by atoms with Gasteiger partial charge in [0.05, 0.1) is 15.7 Å². The molecular weight excluding hydrogens is 329 g/mol. The van der Waals surface area contributed by atoms with E-state index in [-0.39, 0.29) is 19.3 Å². The maximum Gasteiger partial charge on any atom is 0.262 e. The van der Waals surface area contributed by atoms with Crippen LogP contribution in [0.1, 0.15) is 0 Å². The minimum Gasteiger partial charge on any atom is -0.482 e. The summed E-state index contributed by atoms with van der Waals surface area (Å²) in [6.45, 7) is -0.0484. The van der Waals surface area contributed by atoms with Gasteiger partial charge in [-0.15, -0.1) is 0 Å². The monoisotopic (exact) mass is 339 g/mol. The first-order valence-corrected chi connectivity index (χ1v) is 7.15. The first-order chi connectivity index (χ1) is 10.6. The number of hydrogen-bond donors (Lipinski definition) is 1. The molecule has 1 heterocycles. The van der Waals surface area contributed by atoms with Gasteiger partial charge in [0.15, 0.2) is 18.1 Å². The number of fused-ring (bicyclic) bond motifs is 1. The second-order valence-electron chi connectivity index (χ2n) is 4.45. The lowest BCUT2D eigenvalue weighted by Gasteiger charge is -2.10. The predicted molar refractivity (Wildman–Crippen MR) is 83.2 cm³/mol. The number of carbonyl (C=O) groups is 1. The molecule has 1 N–H and O–H groups in total. The zero-order valence-electron chi connectivity index (χ0n) is 11.3. The van der Waals surface area contributed by atoms with Gasteiger partial charge in [-0.25, -0.2) is 0 Å². The number of carbonyl (C=O) groups excluding carboxylic acids is 1. The molecule has 0 saturated carbocycles. The minimum absolute atomic E-state index is 0.138. The molecule has 0 saturated heterocycles. The Hall–Kier alpha value is -2.11. The summed E-state index contributed by atoms with van der Waals surface area (Å²) in [4.78, 5) is 11.9. The highest BCUT2D eigenvalue weighted by atomic mass is 35.5. The summed E-state index contributed by atoms with van der Waals surface area (Å²) < 4.78 is 15.8. The molecule has 0 aliphatic carbocycles. The number of hydrogen-bond acceptors (Lipinski definition) is 4. The van der Waals surface area contributed by atoms with Gasteiger partial charge >= 0.3 is 0 Å². The van der Waals surface area contributed by atoms with Gasteiger partial charge in [-0.05, 0) is 12.1 Å². The Labute approximate surface area is 136 Å². The van der Waals surface area contributed by atoms with Crippen molar-refractivity contribution in [2.75, 3.05) is 18.7 Å². The summed E-state index contributed by atoms with van der Waals surface area (Å²) in [6.07, 6.45) is 0. The van der Waals surface area contributed by atoms with Crippen molar-refractivity contribution in [3.63, 3.8) is 0 Å². The molecule has 1 aliphatic rings. The lowest BCUT2D eigenvalue weighted by Crippen LogP contribution is -2.20. The van der Waals surface area contributed by atoms with E-state index < -0.39 is 0 Å². The summed E-state index contributed by atoms with van der Waals surface area (Å²) in [5, 5.41) is 3.45. The molecule has 1 aliphatic heterocycles. The normalized spacial score (nSPS) is 12.1. The minimum atomic E-state index is -0.360. The molecule has 0 aromatic heterocycles. The summed E-state index contributed by atoms with van der Waals surface area (Å²) >= 11 is 12.0. The number of anilines is 1. The lowest BCUT2D eigenvalue weighted by atomic mass is 10.2. The highest BCUT2D eigenvalue weighted by Gasteiger charge is 2.17. The molecule has 0 unspecified atom stereocenters. The highest BCUT2D eigenvalue weighted by molar-refractivity contribution is 6.34. The van der Waals surface area contributed by atoms with Crippen LogP contribution in [-0.4, -0.2) is 19.3 Å². The summed E-state index contributed by atoms with van der Waals surface area (Å²) in [5.41, 5.74) is 0.429. The van der Waals surface area contributed by atoms with Crippen molar-refractivity contribution in [1.82, 2.24) is 0 Å². The Kier molecular flexibility index (Phi) is 4.27. The summed E-state index contributed by atoms with van der Waals surface area (Å²) in [6, 6.07) is 10.1. The standard InChI is InChI=1S/C15H11Cl2NO4/c16-9-3-1-2-4-12(9)20-7-15(19)18-11-6-14-13(5-10(11)17)21-8-22-14/h1-6H,7-8H2,(H,18,19). The van der Waals surface area contributed by atoms with Gasteiger partial charge in [-0.2, -0.15) is 0 Å². The Morgan fingerprint density at radius 3 is 2.64 bits per heavy atom. The van der Waals surface area contributed by atoms with E-state index in [2.05, 4.69) is 5.32 Å². The largest absolute Gasteiger partial charge is 0.482 e. The van der Waals surface area contributed by atoms with E-state index in [0.717, 1.165) is 0 Å². The molecule has 0 bridgehead atoms. The lowest BCUT2D eigenvalue weighted by molar-refractivity contribution is -0.118. The number of para-hydroxylation sites is 1. The fourth-order valence-corrected chi connectivity index (χ4v) is 2.30. The van der Waals surface area contributed by atoms with Crippen molar-refractivity contribution in [2.45, 2.75) is 0 Å². The van der Waals surface area contributed by atoms with Crippen LogP contribution in [0.5, 0.6) is 17.2 Å². The second kappa shape index (κ2) is 6.34. The number of ether oxygens (including phenoxy) is 3. The number of benzene rings is 2. The number of halogens is 2. The van der Waals surface area contributed by atoms with Crippen LogP contribution >= 0.6 is 23.2 Å². The van der Waals surface area contributed by atoms with Gasteiger partial charge in [-0.3, -0.25) is 4.79 Å². The zero-order chi connectivity index (χ0) is 15.5. The predicted octanol–water partition coefficient (Wildman–Crippen LogP) is 3.74. The average Bonchev–Trinajstić information content (AvgIpc) is 2.94. The quantitative estimate of drug-likeness (QED) is 0.921. The molecule has 3 rings (SSSR count). The maximum absolute atomic E-state index is 11.9. The van der Waals surface area contributed by atoms with Gasteiger partial charge < -0.3 is 19.5 Å². The Morgan fingerprint density at radius 2 is 1.86 bits per heavy atom. The van der Waals surface area contributed by atoms with Crippen LogP contribution in [0.2, 0.25) is 10.0 Å². The molecule has 2 aromatic rings. The fourth-order valence-electron chi connectivity index (χ4n) is 1.90. The number of nitrogens with one attached hydrogen (secondary N) is 1. The molecule has 1 amide bonds. The van der Waals surface area contributed by atoms with Crippen LogP contribution < -0.4 is 19.5 Å². The Morgan fingerprint density at radius 1 is 1.14 bits per heavy atom. The van der Waals surface area contributed by atoms with E-state index in [4.69, 9.17) is 37.4 Å². The van der Waals surface area contributed by atoms with E-state index in [1.807, 2.05) is 0 Å². The van der Waals surface area contributed by atoms with Crippen molar-refractivity contribution in [1.29, 1.82) is 0 Å². The summed E-state index contributed by atoms with van der Waals surface area (Å²) in [7, 11) is 0. The molecule has 5 nitrogen and oxygen atoms in total. The first kappa shape index (κ1) is 14.8. The van der Waals surface area contributed by atoms with Crippen molar-refractivity contribution in [3.8, 4) is 17.2 Å². The Balaban J connectivity index is 1.64. The van der Waals surface area contributed by atoms with Gasteiger partial charge in [0.25, 0.3) is 5.91 Å². The van der Waals surface area contributed by atoms with Gasteiger partial charge in [0.2, 0.25) is 6.79 Å². The third kappa shape index (κ3) is 3.21. The third-order valence-corrected chi connectivity index (χ3v) is 3.56. The van der Waals surface area contributed by atoms with E-state index in [9.17, 15) is 4.79 Å². The van der Waals surface area contributed by atoms with Crippen LogP contribution in [0, 0.1) is 0 Å². The number of amides is 1. The van der Waals surface area contributed by atoms with Gasteiger partial charge in [0.1, 0.15) is 5.75 Å². The van der Waals surface area contributed by atoms with E-state index in [1.54, 1.807) is 36.4 Å². The molecule has 7 heteroatoms. The molecule has 22 heavy (non-hydrogen) atoms. The third-order valence-electron chi connectivity index (χ3n) is 2.93. The second-order valence-corrected chi connectivity index (χ2v) is 5.27. The van der Waals surface area contributed by atoms with E-state index in [0.29, 0.717) is 33.0 Å². The smallest absolute Gasteiger partial charge is 0.262 e. The maximum atomic E-state index is 11.9. The van der Waals surface area contributed by atoms with Crippen LogP contribution in [0.3, 0.4) is 0 Å². The van der Waals surface area contributed by atoms with Crippen LogP contribution in [0.25, 0.3) is 0 Å². The van der Waals surface area contributed by atoms with E-state index >= 15 is 0 Å². The van der Waals surface area contributed by atoms with Crippen LogP contribution in [0.4, 0.5) is 5.69 Å². The van der Waals surface area contributed by atoms with Crippen molar-refractivity contribution >= 4 is 34.8 Å². The molecule has 0 atom stereocenters. The van der Waals surface area contributed by atoms with E-state index in [1.165, 1.54) is 0 Å². The Bertz CT molecular complexity index is 721. The van der Waals surface area contributed by atoms with Gasteiger partial charge in [-0.1, -0.05) is 35.3 Å². The number of rotatable bonds is 4. The fraction of sp³-hybridized carbons (Fsp3) is 0.133. The first-order valence-electron chi connectivity index (χ1n) is 6.40. The van der Waals surface area contributed by atoms with Gasteiger partial charge in [0, 0.05) is 12.1 Å². The highest BCUT2D eigenvalue weighted by Crippen LogP contribution is 2.39.